The van der Waals surface area contributed by atoms with Gasteiger partial charge in [-0.2, -0.15) is 0 Å². The van der Waals surface area contributed by atoms with Gasteiger partial charge in [0.05, 0.1) is 6.54 Å². The molecule has 0 unspecified atom stereocenters. The van der Waals surface area contributed by atoms with Crippen molar-refractivity contribution in [2.75, 3.05) is 5.32 Å². The summed E-state index contributed by atoms with van der Waals surface area (Å²) in [5.74, 6) is -0.348. The Morgan fingerprint density at radius 3 is 2.53 bits per heavy atom. The molecule has 1 N–H and O–H groups in total. The molecule has 156 valence electrons. The van der Waals surface area contributed by atoms with Crippen molar-refractivity contribution in [1.29, 1.82) is 0 Å². The minimum atomic E-state index is -0.516. The standard InChI is InChI=1S/C21H22N4O3S2/c1-5-10-25-17-16(30-20(25)29)18(27)24(12-22-17)11-15(26)13-6-8-14(9-7-13)23-19(28)21(2,3)4/h5-9,12H,1,10-11H2,2-4H3,(H,23,28). The third-order valence-electron chi connectivity index (χ3n) is 4.41. The first-order chi connectivity index (χ1) is 14.1. The highest BCUT2D eigenvalue weighted by molar-refractivity contribution is 7.73. The van der Waals surface area contributed by atoms with Crippen LogP contribution in [-0.4, -0.2) is 25.8 Å². The van der Waals surface area contributed by atoms with Gasteiger partial charge in [-0.1, -0.05) is 38.2 Å². The Kier molecular flexibility index (Phi) is 6.14. The lowest BCUT2D eigenvalue weighted by Crippen LogP contribution is -2.27. The molecule has 2 heterocycles. The van der Waals surface area contributed by atoms with Gasteiger partial charge in [0.2, 0.25) is 5.91 Å². The van der Waals surface area contributed by atoms with Gasteiger partial charge >= 0.3 is 0 Å². The Morgan fingerprint density at radius 2 is 1.93 bits per heavy atom. The van der Waals surface area contributed by atoms with Gasteiger partial charge in [-0.15, -0.1) is 6.58 Å². The van der Waals surface area contributed by atoms with Crippen molar-refractivity contribution in [3.63, 3.8) is 0 Å². The summed E-state index contributed by atoms with van der Waals surface area (Å²) in [6.45, 7) is 9.49. The molecule has 7 nitrogen and oxygen atoms in total. The molecular weight excluding hydrogens is 420 g/mol. The summed E-state index contributed by atoms with van der Waals surface area (Å²) >= 11 is 6.47. The van der Waals surface area contributed by atoms with E-state index in [4.69, 9.17) is 12.2 Å². The van der Waals surface area contributed by atoms with Crippen molar-refractivity contribution in [3.8, 4) is 0 Å². The van der Waals surface area contributed by atoms with E-state index >= 15 is 0 Å². The summed E-state index contributed by atoms with van der Waals surface area (Å²) < 4.78 is 3.97. The van der Waals surface area contributed by atoms with Crippen LogP contribution >= 0.6 is 23.6 Å². The molecule has 0 fully saturated rings. The number of carbonyl (C=O) groups is 2. The Balaban J connectivity index is 1.81. The number of anilines is 1. The molecule has 30 heavy (non-hydrogen) atoms. The van der Waals surface area contributed by atoms with Crippen molar-refractivity contribution in [3.05, 3.63) is 63.1 Å². The van der Waals surface area contributed by atoms with Gasteiger partial charge in [-0.3, -0.25) is 19.0 Å². The smallest absolute Gasteiger partial charge is 0.273 e. The van der Waals surface area contributed by atoms with Crippen LogP contribution in [0.5, 0.6) is 0 Å². The molecule has 1 aromatic carbocycles. The summed E-state index contributed by atoms with van der Waals surface area (Å²) in [6, 6.07) is 6.59. The minimum absolute atomic E-state index is 0.113. The van der Waals surface area contributed by atoms with Crippen LogP contribution in [-0.2, 0) is 17.9 Å². The molecule has 2 aromatic heterocycles. The Hall–Kier alpha value is -2.91. The van der Waals surface area contributed by atoms with Gasteiger partial charge in [-0.25, -0.2) is 4.98 Å². The molecular formula is C21H22N4O3S2. The summed E-state index contributed by atoms with van der Waals surface area (Å²) in [4.78, 5) is 41.8. The van der Waals surface area contributed by atoms with Crippen molar-refractivity contribution >= 4 is 51.3 Å². The van der Waals surface area contributed by atoms with E-state index in [-0.39, 0.29) is 23.8 Å². The number of nitrogens with zero attached hydrogens (tertiary/aromatic N) is 3. The number of allylic oxidation sites excluding steroid dienone is 1. The van der Waals surface area contributed by atoms with E-state index in [2.05, 4.69) is 16.9 Å². The van der Waals surface area contributed by atoms with E-state index in [9.17, 15) is 14.4 Å². The number of thiazole rings is 1. The van der Waals surface area contributed by atoms with Crippen LogP contribution in [0, 0.1) is 9.37 Å². The average molecular weight is 443 g/mol. The summed E-state index contributed by atoms with van der Waals surface area (Å²) in [6.07, 6.45) is 3.05. The number of hydrogen-bond donors (Lipinski definition) is 1. The molecule has 1 amide bonds. The van der Waals surface area contributed by atoms with Crippen LogP contribution in [0.4, 0.5) is 5.69 Å². The summed E-state index contributed by atoms with van der Waals surface area (Å²) in [5, 5.41) is 2.81. The molecule has 0 aliphatic heterocycles. The molecule has 0 saturated heterocycles. The zero-order valence-electron chi connectivity index (χ0n) is 17.0. The maximum atomic E-state index is 12.8. The van der Waals surface area contributed by atoms with Crippen LogP contribution in [0.2, 0.25) is 0 Å². The number of fused-ring (bicyclic) bond motifs is 1. The van der Waals surface area contributed by atoms with Crippen LogP contribution in [0.25, 0.3) is 10.3 Å². The monoisotopic (exact) mass is 442 g/mol. The average Bonchev–Trinajstić information content (AvgIpc) is 3.00. The Labute approximate surface area is 182 Å². The fourth-order valence-corrected chi connectivity index (χ4v) is 3.99. The lowest BCUT2D eigenvalue weighted by molar-refractivity contribution is -0.123. The molecule has 3 rings (SSSR count). The Morgan fingerprint density at radius 1 is 1.27 bits per heavy atom. The van der Waals surface area contributed by atoms with Gasteiger partial charge in [0, 0.05) is 23.2 Å². The van der Waals surface area contributed by atoms with Gasteiger partial charge in [0.15, 0.2) is 15.4 Å². The number of ketones is 1. The highest BCUT2D eigenvalue weighted by Crippen LogP contribution is 2.19. The summed E-state index contributed by atoms with van der Waals surface area (Å²) in [5.41, 5.74) is 0.721. The molecule has 9 heteroatoms. The third-order valence-corrected chi connectivity index (χ3v) is 5.84. The van der Waals surface area contributed by atoms with Gasteiger partial charge < -0.3 is 9.88 Å². The summed E-state index contributed by atoms with van der Waals surface area (Å²) in [7, 11) is 0. The van der Waals surface area contributed by atoms with Gasteiger partial charge in [0.1, 0.15) is 11.0 Å². The number of aromatic nitrogens is 3. The number of rotatable bonds is 6. The molecule has 0 atom stereocenters. The third kappa shape index (κ3) is 4.47. The fourth-order valence-electron chi connectivity index (χ4n) is 2.68. The van der Waals surface area contributed by atoms with Crippen molar-refractivity contribution in [1.82, 2.24) is 14.1 Å². The number of amides is 1. The maximum absolute atomic E-state index is 12.8. The van der Waals surface area contributed by atoms with E-state index in [1.807, 2.05) is 20.8 Å². The lowest BCUT2D eigenvalue weighted by Gasteiger charge is -2.17. The second-order valence-electron chi connectivity index (χ2n) is 7.80. The van der Waals surface area contributed by atoms with E-state index in [1.54, 1.807) is 34.9 Å². The van der Waals surface area contributed by atoms with Crippen molar-refractivity contribution in [2.24, 2.45) is 5.41 Å². The number of benzene rings is 1. The van der Waals surface area contributed by atoms with E-state index < -0.39 is 5.41 Å². The molecule has 0 bridgehead atoms. The first-order valence-electron chi connectivity index (χ1n) is 9.26. The molecule has 0 radical (unpaired) electrons. The van der Waals surface area contributed by atoms with E-state index in [0.29, 0.717) is 32.1 Å². The number of Topliss-reactive ketones (excluding diaryl/α,β-unsaturated/α-hetero) is 1. The van der Waals surface area contributed by atoms with Crippen LogP contribution < -0.4 is 10.9 Å². The van der Waals surface area contributed by atoms with Crippen molar-refractivity contribution in [2.45, 2.75) is 33.9 Å². The maximum Gasteiger partial charge on any atom is 0.273 e. The largest absolute Gasteiger partial charge is 0.326 e. The topological polar surface area (TPSA) is 86.0 Å². The van der Waals surface area contributed by atoms with Crippen LogP contribution in [0.1, 0.15) is 31.1 Å². The van der Waals surface area contributed by atoms with Crippen LogP contribution in [0.3, 0.4) is 0 Å². The zero-order valence-corrected chi connectivity index (χ0v) is 18.6. The second kappa shape index (κ2) is 8.45. The molecule has 0 aliphatic carbocycles. The second-order valence-corrected chi connectivity index (χ2v) is 9.45. The molecule has 0 aliphatic rings. The first-order valence-corrected chi connectivity index (χ1v) is 10.5. The quantitative estimate of drug-likeness (QED) is 0.354. The molecule has 0 spiro atoms. The number of hydrogen-bond acceptors (Lipinski definition) is 6. The first kappa shape index (κ1) is 21.8. The van der Waals surface area contributed by atoms with Crippen LogP contribution in [0.15, 0.2) is 48.0 Å². The highest BCUT2D eigenvalue weighted by Gasteiger charge is 2.21. The molecule has 3 aromatic rings. The van der Waals surface area contributed by atoms with E-state index in [1.165, 1.54) is 22.2 Å². The predicted molar refractivity (Wildman–Crippen MR) is 122 cm³/mol. The fraction of sp³-hybridized carbons (Fsp3) is 0.286. The minimum Gasteiger partial charge on any atom is -0.326 e. The van der Waals surface area contributed by atoms with E-state index in [0.717, 1.165) is 0 Å². The number of carbonyl (C=O) groups excluding carboxylic acids is 2. The van der Waals surface area contributed by atoms with Gasteiger partial charge in [-0.05, 0) is 36.5 Å². The normalized spacial score (nSPS) is 11.4. The number of nitrogens with one attached hydrogen (secondary N) is 1. The lowest BCUT2D eigenvalue weighted by atomic mass is 9.95. The Bertz CT molecular complexity index is 1240. The zero-order chi connectivity index (χ0) is 22.1. The highest BCUT2D eigenvalue weighted by atomic mass is 32.1. The predicted octanol–water partition coefficient (Wildman–Crippen LogP) is 4.04. The molecule has 0 saturated carbocycles. The SMILES string of the molecule is C=CCn1c(=S)sc2c(=O)n(CC(=O)c3ccc(NC(=O)C(C)(C)C)cc3)cnc21. The van der Waals surface area contributed by atoms with Gasteiger partial charge in [0.25, 0.3) is 5.56 Å². The van der Waals surface area contributed by atoms with Crippen molar-refractivity contribution < 1.29 is 9.59 Å².